The number of ketones is 1. The number of nitrogens with zero attached hydrogens (tertiary/aromatic N) is 1. The molecule has 0 atom stereocenters. The van der Waals surface area contributed by atoms with E-state index in [1.54, 1.807) is 4.90 Å². The van der Waals surface area contributed by atoms with Crippen LogP contribution in [0.1, 0.15) is 17.5 Å². The van der Waals surface area contributed by atoms with E-state index in [0.717, 1.165) is 16.8 Å². The van der Waals surface area contributed by atoms with Crippen molar-refractivity contribution in [1.82, 2.24) is 0 Å². The van der Waals surface area contributed by atoms with E-state index in [0.29, 0.717) is 13.0 Å². The van der Waals surface area contributed by atoms with Gasteiger partial charge >= 0.3 is 0 Å². The second-order valence-electron chi connectivity index (χ2n) is 3.87. The molecule has 0 unspecified atom stereocenters. The molecule has 1 amide bonds. The molecule has 2 rings (SSSR count). The highest BCUT2D eigenvalue weighted by atomic mass is 16.2. The average Bonchev–Trinajstić information content (AvgIpc) is 2.49. The first-order valence-corrected chi connectivity index (χ1v) is 5.02. The summed E-state index contributed by atoms with van der Waals surface area (Å²) in [5.41, 5.74) is 2.98. The molecule has 1 fully saturated rings. The zero-order valence-electron chi connectivity index (χ0n) is 8.91. The maximum atomic E-state index is 11.6. The monoisotopic (exact) mass is 203 g/mol. The van der Waals surface area contributed by atoms with E-state index in [-0.39, 0.29) is 11.7 Å². The van der Waals surface area contributed by atoms with Crippen LogP contribution in [-0.4, -0.2) is 18.2 Å². The van der Waals surface area contributed by atoms with Crippen molar-refractivity contribution >= 4 is 17.4 Å². The number of aryl methyl sites for hydroxylation is 2. The standard InChI is InChI=1S/C12H13NO2/c1-8-4-3-5-9(2)11(8)13-7-6-10(14)12(13)15/h3-5H,6-7H2,1-2H3. The average molecular weight is 203 g/mol. The smallest absolute Gasteiger partial charge is 0.294 e. The largest absolute Gasteiger partial charge is 0.305 e. The van der Waals surface area contributed by atoms with Crippen molar-refractivity contribution in [3.63, 3.8) is 0 Å². The fourth-order valence-corrected chi connectivity index (χ4v) is 2.02. The Hall–Kier alpha value is -1.64. The molecule has 1 aromatic rings. The summed E-state index contributed by atoms with van der Waals surface area (Å²) in [5.74, 6) is -0.648. The molecule has 0 saturated carbocycles. The van der Waals surface area contributed by atoms with Gasteiger partial charge in [0, 0.05) is 18.7 Å². The van der Waals surface area contributed by atoms with E-state index in [1.165, 1.54) is 0 Å². The number of amides is 1. The maximum absolute atomic E-state index is 11.6. The van der Waals surface area contributed by atoms with Crippen LogP contribution in [0.2, 0.25) is 0 Å². The van der Waals surface area contributed by atoms with Gasteiger partial charge in [-0.1, -0.05) is 18.2 Å². The van der Waals surface area contributed by atoms with Gasteiger partial charge in [-0.25, -0.2) is 0 Å². The van der Waals surface area contributed by atoms with Crippen LogP contribution in [0.25, 0.3) is 0 Å². The van der Waals surface area contributed by atoms with Crippen molar-refractivity contribution in [3.05, 3.63) is 29.3 Å². The molecule has 1 heterocycles. The van der Waals surface area contributed by atoms with Crippen molar-refractivity contribution in [1.29, 1.82) is 0 Å². The fourth-order valence-electron chi connectivity index (χ4n) is 2.02. The van der Waals surface area contributed by atoms with E-state index in [9.17, 15) is 9.59 Å². The van der Waals surface area contributed by atoms with Crippen molar-refractivity contribution in [3.8, 4) is 0 Å². The number of para-hydroxylation sites is 1. The van der Waals surface area contributed by atoms with Crippen molar-refractivity contribution in [2.24, 2.45) is 0 Å². The van der Waals surface area contributed by atoms with Crippen molar-refractivity contribution in [2.45, 2.75) is 20.3 Å². The van der Waals surface area contributed by atoms with E-state index in [2.05, 4.69) is 0 Å². The van der Waals surface area contributed by atoms with Gasteiger partial charge in [0.15, 0.2) is 0 Å². The van der Waals surface area contributed by atoms with Crippen LogP contribution in [0.3, 0.4) is 0 Å². The highest BCUT2D eigenvalue weighted by Crippen LogP contribution is 2.27. The van der Waals surface area contributed by atoms with Gasteiger partial charge < -0.3 is 4.90 Å². The van der Waals surface area contributed by atoms with Crippen molar-refractivity contribution < 1.29 is 9.59 Å². The lowest BCUT2D eigenvalue weighted by Gasteiger charge is -2.19. The minimum atomic E-state index is -0.368. The van der Waals surface area contributed by atoms with Crippen molar-refractivity contribution in [2.75, 3.05) is 11.4 Å². The maximum Gasteiger partial charge on any atom is 0.294 e. The van der Waals surface area contributed by atoms with Gasteiger partial charge in [0.1, 0.15) is 0 Å². The highest BCUT2D eigenvalue weighted by Gasteiger charge is 2.31. The Kier molecular flexibility index (Phi) is 2.31. The highest BCUT2D eigenvalue weighted by molar-refractivity contribution is 6.43. The molecule has 0 radical (unpaired) electrons. The summed E-state index contributed by atoms with van der Waals surface area (Å²) in [7, 11) is 0. The van der Waals surface area contributed by atoms with Crippen LogP contribution in [-0.2, 0) is 9.59 Å². The molecule has 1 saturated heterocycles. The van der Waals surface area contributed by atoms with Crippen LogP contribution < -0.4 is 4.90 Å². The number of carbonyl (C=O) groups excluding carboxylic acids is 2. The first kappa shape index (κ1) is 9.90. The topological polar surface area (TPSA) is 37.4 Å². The third kappa shape index (κ3) is 1.54. The van der Waals surface area contributed by atoms with E-state index in [1.807, 2.05) is 32.0 Å². The lowest BCUT2D eigenvalue weighted by Crippen LogP contribution is -2.28. The molecule has 1 aliphatic rings. The van der Waals surface area contributed by atoms with Gasteiger partial charge in [-0.2, -0.15) is 0 Å². The Bertz CT molecular complexity index is 417. The lowest BCUT2D eigenvalue weighted by atomic mass is 10.1. The third-order valence-corrected chi connectivity index (χ3v) is 2.76. The Morgan fingerprint density at radius 1 is 1.13 bits per heavy atom. The predicted octanol–water partition coefficient (Wildman–Crippen LogP) is 1.61. The Morgan fingerprint density at radius 2 is 1.73 bits per heavy atom. The van der Waals surface area contributed by atoms with Gasteiger partial charge in [-0.15, -0.1) is 0 Å². The Balaban J connectivity index is 2.46. The molecule has 15 heavy (non-hydrogen) atoms. The number of anilines is 1. The van der Waals surface area contributed by atoms with Crippen LogP contribution >= 0.6 is 0 Å². The second kappa shape index (κ2) is 3.50. The third-order valence-electron chi connectivity index (χ3n) is 2.76. The number of carbonyl (C=O) groups is 2. The minimum Gasteiger partial charge on any atom is -0.305 e. The SMILES string of the molecule is Cc1cccc(C)c1N1CCC(=O)C1=O. The lowest BCUT2D eigenvalue weighted by molar-refractivity contribution is -0.133. The number of rotatable bonds is 1. The molecular formula is C12H13NO2. The minimum absolute atomic E-state index is 0.280. The zero-order valence-corrected chi connectivity index (χ0v) is 8.91. The predicted molar refractivity (Wildman–Crippen MR) is 57.9 cm³/mol. The molecule has 78 valence electrons. The summed E-state index contributed by atoms with van der Waals surface area (Å²) in [6.45, 7) is 4.43. The van der Waals surface area contributed by atoms with Crippen LogP contribution in [0.15, 0.2) is 18.2 Å². The Morgan fingerprint density at radius 3 is 2.20 bits per heavy atom. The van der Waals surface area contributed by atoms with Crippen LogP contribution in [0, 0.1) is 13.8 Å². The first-order valence-electron chi connectivity index (χ1n) is 5.02. The van der Waals surface area contributed by atoms with Gasteiger partial charge in [-0.05, 0) is 25.0 Å². The summed E-state index contributed by atoms with van der Waals surface area (Å²) < 4.78 is 0. The molecule has 0 aliphatic carbocycles. The molecule has 0 bridgehead atoms. The summed E-state index contributed by atoms with van der Waals surface area (Å²) >= 11 is 0. The summed E-state index contributed by atoms with van der Waals surface area (Å²) in [4.78, 5) is 24.4. The van der Waals surface area contributed by atoms with E-state index < -0.39 is 0 Å². The summed E-state index contributed by atoms with van der Waals surface area (Å²) in [6, 6.07) is 5.87. The van der Waals surface area contributed by atoms with Gasteiger partial charge in [0.25, 0.3) is 5.91 Å². The molecular weight excluding hydrogens is 190 g/mol. The molecule has 0 spiro atoms. The molecule has 0 aromatic heterocycles. The fraction of sp³-hybridized carbons (Fsp3) is 0.333. The van der Waals surface area contributed by atoms with E-state index >= 15 is 0 Å². The Labute approximate surface area is 88.7 Å². The normalized spacial score (nSPS) is 16.3. The number of benzene rings is 1. The number of Topliss-reactive ketones (excluding diaryl/α,β-unsaturated/α-hetero) is 1. The second-order valence-corrected chi connectivity index (χ2v) is 3.87. The van der Waals surface area contributed by atoms with Crippen LogP contribution in [0.4, 0.5) is 5.69 Å². The molecule has 0 N–H and O–H groups in total. The van der Waals surface area contributed by atoms with E-state index in [4.69, 9.17) is 0 Å². The molecule has 1 aromatic carbocycles. The quantitative estimate of drug-likeness (QED) is 0.650. The number of hydrogen-bond donors (Lipinski definition) is 0. The van der Waals surface area contributed by atoms with Gasteiger partial charge in [-0.3, -0.25) is 9.59 Å². The molecule has 3 nitrogen and oxygen atoms in total. The summed E-state index contributed by atoms with van der Waals surface area (Å²) in [5, 5.41) is 0. The molecule has 3 heteroatoms. The van der Waals surface area contributed by atoms with Gasteiger partial charge in [0.05, 0.1) is 0 Å². The summed E-state index contributed by atoms with van der Waals surface area (Å²) in [6.07, 6.45) is 0.340. The first-order chi connectivity index (χ1) is 7.11. The van der Waals surface area contributed by atoms with Gasteiger partial charge in [0.2, 0.25) is 5.78 Å². The van der Waals surface area contributed by atoms with Crippen LogP contribution in [0.5, 0.6) is 0 Å². The molecule has 1 aliphatic heterocycles. The zero-order chi connectivity index (χ0) is 11.0. The number of hydrogen-bond acceptors (Lipinski definition) is 2.